The van der Waals surface area contributed by atoms with Gasteiger partial charge in [-0.15, -0.1) is 0 Å². The van der Waals surface area contributed by atoms with Crippen LogP contribution in [0.15, 0.2) is 48.5 Å². The van der Waals surface area contributed by atoms with Gasteiger partial charge in [-0.25, -0.2) is 19.2 Å². The van der Waals surface area contributed by atoms with Crippen molar-refractivity contribution >= 4 is 35.6 Å². The zero-order valence-electron chi connectivity index (χ0n) is 42.8. The Labute approximate surface area is 432 Å². The van der Waals surface area contributed by atoms with E-state index in [2.05, 4.69) is 4.74 Å². The van der Waals surface area contributed by atoms with Gasteiger partial charge in [-0.05, 0) is 113 Å². The van der Waals surface area contributed by atoms with Gasteiger partial charge in [-0.2, -0.15) is 0 Å². The van der Waals surface area contributed by atoms with Crippen LogP contribution in [-0.4, -0.2) is 218 Å². The van der Waals surface area contributed by atoms with Gasteiger partial charge >= 0.3 is 29.8 Å². The third-order valence-electron chi connectivity index (χ3n) is 10.1. The minimum absolute atomic E-state index is 0.0186. The second-order valence-corrected chi connectivity index (χ2v) is 16.8. The summed E-state index contributed by atoms with van der Waals surface area (Å²) in [5.41, 5.74) is -0.176. The largest absolute Gasteiger partial charge is 0.481 e. The van der Waals surface area contributed by atoms with Crippen molar-refractivity contribution < 1.29 is 120 Å². The van der Waals surface area contributed by atoms with E-state index in [1.807, 2.05) is 0 Å². The molecule has 74 heavy (non-hydrogen) atoms. The van der Waals surface area contributed by atoms with Gasteiger partial charge in [0.25, 0.3) is 0 Å². The number of aliphatic carboxylic acids is 1. The molecule has 0 radical (unpaired) electrons. The highest BCUT2D eigenvalue weighted by atomic mass is 16.5. The van der Waals surface area contributed by atoms with Crippen LogP contribution in [0.2, 0.25) is 0 Å². The molecular weight excluding hydrogens is 985 g/mol. The van der Waals surface area contributed by atoms with Crippen LogP contribution in [0.4, 0.5) is 0 Å². The number of carbonyl (C=O) groups is 6. The maximum atomic E-state index is 10.9. The summed E-state index contributed by atoms with van der Waals surface area (Å²) in [6, 6.07) is 10.2. The lowest BCUT2D eigenvalue weighted by Gasteiger charge is -2.25. The molecule has 24 nitrogen and oxygen atoms in total. The summed E-state index contributed by atoms with van der Waals surface area (Å²) in [6.45, 7) is 8.11. The first-order chi connectivity index (χ1) is 35.1. The van der Waals surface area contributed by atoms with Gasteiger partial charge in [0, 0.05) is 24.5 Å². The number of carboxylic acid groups (broad SMARTS) is 5. The maximum Gasteiger partial charge on any atom is 0.335 e. The molecule has 0 amide bonds. The SMILES string of the molecule is CC(=O)C1CCC(C(=O)O)CC1.CC(C)(CO)CO.O=C(O)c1ccc(C(=O)O)cc1.O=C(O)c1cccc(C(=O)O)c1.OCC1CCC(CO)CC1.OCCO.OCCOCCO.OCCOCCOCCO. The molecule has 0 spiro atoms. The number of aromatic carboxylic acids is 4. The molecule has 2 aromatic carbocycles. The Bertz CT molecular complexity index is 1590. The lowest BCUT2D eigenvalue weighted by molar-refractivity contribution is -0.143. The molecule has 0 aromatic heterocycles. The number of carboxylic acids is 5. The fraction of sp³-hybridized carbons (Fsp3) is 0.640. The number of aliphatic hydroxyl groups excluding tert-OH is 10. The molecule has 24 heteroatoms. The Kier molecular flexibility index (Phi) is 51.1. The highest BCUT2D eigenvalue weighted by molar-refractivity contribution is 5.93. The second-order valence-electron chi connectivity index (χ2n) is 16.8. The topological polar surface area (TPSA) is 434 Å². The number of Topliss-reactive ketones (excluding diaryl/α,β-unsaturated/α-hetero) is 1. The van der Waals surface area contributed by atoms with E-state index in [0.717, 1.165) is 44.6 Å². The highest BCUT2D eigenvalue weighted by Crippen LogP contribution is 2.29. The molecule has 428 valence electrons. The van der Waals surface area contributed by atoms with E-state index < -0.39 is 29.8 Å². The van der Waals surface area contributed by atoms with Crippen LogP contribution < -0.4 is 0 Å². The van der Waals surface area contributed by atoms with Crippen LogP contribution in [0.3, 0.4) is 0 Å². The Morgan fingerprint density at radius 2 is 0.730 bits per heavy atom. The second kappa shape index (κ2) is 50.1. The molecule has 2 saturated carbocycles. The Morgan fingerprint density at radius 3 is 0.946 bits per heavy atom. The predicted octanol–water partition coefficient (Wildman–Crippen LogP) is 1.37. The average Bonchev–Trinajstić information content (AvgIpc) is 3.41. The zero-order valence-corrected chi connectivity index (χ0v) is 42.8. The van der Waals surface area contributed by atoms with Gasteiger partial charge < -0.3 is 90.8 Å². The molecule has 0 aliphatic heterocycles. The average molecular weight is 1070 g/mol. The smallest absolute Gasteiger partial charge is 0.335 e. The summed E-state index contributed by atoms with van der Waals surface area (Å²) in [5.74, 6) is -3.93. The van der Waals surface area contributed by atoms with Crippen LogP contribution in [-0.2, 0) is 23.8 Å². The number of ketones is 1. The number of hydrogen-bond donors (Lipinski definition) is 15. The first-order valence-electron chi connectivity index (χ1n) is 23.7. The fourth-order valence-corrected chi connectivity index (χ4v) is 5.62. The van der Waals surface area contributed by atoms with E-state index in [4.69, 9.17) is 86.1 Å². The van der Waals surface area contributed by atoms with Crippen LogP contribution in [0.5, 0.6) is 0 Å². The van der Waals surface area contributed by atoms with Crippen molar-refractivity contribution in [3.8, 4) is 0 Å². The lowest BCUT2D eigenvalue weighted by Crippen LogP contribution is -2.24. The lowest BCUT2D eigenvalue weighted by atomic mass is 9.80. The molecular formula is C50H84O24. The maximum absolute atomic E-state index is 10.9. The highest BCUT2D eigenvalue weighted by Gasteiger charge is 2.27. The standard InChI is InChI=1S/C9H14O3.2C8H6O4.C8H16O2.C6H14O4.C5H12O2.C4H10O3.C2H6O2/c1-6(10)7-2-4-8(5-3-7)9(11)12;9-7(10)5-1-2-6(4-3-5)8(11)12;9-7(10)5-2-1-3-6(4-5)8(11)12;9-5-7-1-2-8(6-10)4-3-7;7-1-3-9-5-6-10-4-2-8;1-5(2,3-6)4-7;5-1-3-7-4-2-6;3-1-2-4/h7-8H,2-5H2,1H3,(H,11,12);2*1-4H,(H,9,10)(H,11,12);7-10H,1-6H2;7-8H,1-6H2;6-7H,3-4H2,1-2H3;5-6H,1-4H2;3-4H,1-2H2. The number of hydrogen-bond acceptors (Lipinski definition) is 19. The van der Waals surface area contributed by atoms with Gasteiger partial charge in [0.1, 0.15) is 5.78 Å². The summed E-state index contributed by atoms with van der Waals surface area (Å²) in [7, 11) is 0. The van der Waals surface area contributed by atoms with E-state index in [1.54, 1.807) is 20.8 Å². The zero-order chi connectivity index (χ0) is 57.3. The molecule has 0 heterocycles. The van der Waals surface area contributed by atoms with Crippen LogP contribution in [0, 0.1) is 29.1 Å². The van der Waals surface area contributed by atoms with Crippen molar-refractivity contribution in [3.05, 3.63) is 70.8 Å². The molecule has 2 aromatic rings. The molecule has 0 atom stereocenters. The Morgan fingerprint density at radius 1 is 0.432 bits per heavy atom. The Hall–Kier alpha value is -5.06. The number of ether oxygens (including phenoxy) is 3. The monoisotopic (exact) mass is 1070 g/mol. The Balaban J connectivity index is -0.000000385. The first-order valence-corrected chi connectivity index (χ1v) is 23.7. The van der Waals surface area contributed by atoms with Crippen LogP contribution in [0.1, 0.15) is 114 Å². The van der Waals surface area contributed by atoms with Crippen molar-refractivity contribution in [2.24, 2.45) is 29.1 Å². The van der Waals surface area contributed by atoms with Crippen LogP contribution in [0.25, 0.3) is 0 Å². The normalized spacial score (nSPS) is 16.3. The summed E-state index contributed by atoms with van der Waals surface area (Å²) >= 11 is 0. The van der Waals surface area contributed by atoms with Gasteiger partial charge in [0.05, 0.1) is 121 Å². The number of benzene rings is 2. The summed E-state index contributed by atoms with van der Waals surface area (Å²) < 4.78 is 14.4. The number of aliphatic hydroxyl groups is 10. The van der Waals surface area contributed by atoms with Crippen LogP contribution >= 0.6 is 0 Å². The molecule has 4 rings (SSSR count). The third kappa shape index (κ3) is 44.4. The van der Waals surface area contributed by atoms with Crippen molar-refractivity contribution in [2.45, 2.75) is 72.1 Å². The van der Waals surface area contributed by atoms with E-state index in [9.17, 15) is 28.8 Å². The van der Waals surface area contributed by atoms with E-state index >= 15 is 0 Å². The van der Waals surface area contributed by atoms with Crippen molar-refractivity contribution in [1.29, 1.82) is 0 Å². The van der Waals surface area contributed by atoms with Gasteiger partial charge in [-0.1, -0.05) is 19.9 Å². The van der Waals surface area contributed by atoms with Crippen molar-refractivity contribution in [2.75, 3.05) is 106 Å². The quantitative estimate of drug-likeness (QED) is 0.0740. The van der Waals surface area contributed by atoms with Gasteiger partial charge in [0.15, 0.2) is 0 Å². The van der Waals surface area contributed by atoms with Crippen molar-refractivity contribution in [1.82, 2.24) is 0 Å². The first kappa shape index (κ1) is 75.5. The third-order valence-corrected chi connectivity index (χ3v) is 10.1. The summed E-state index contributed by atoms with van der Waals surface area (Å²) in [6.07, 6.45) is 7.24. The molecule has 2 aliphatic carbocycles. The predicted molar refractivity (Wildman–Crippen MR) is 267 cm³/mol. The minimum Gasteiger partial charge on any atom is -0.481 e. The molecule has 15 N–H and O–H groups in total. The number of carbonyl (C=O) groups excluding carboxylic acids is 1. The van der Waals surface area contributed by atoms with E-state index in [0.29, 0.717) is 77.5 Å². The minimum atomic E-state index is -1.13. The summed E-state index contributed by atoms with van der Waals surface area (Å²) in [5, 5.41) is 125. The molecule has 2 fully saturated rings. The van der Waals surface area contributed by atoms with Gasteiger partial charge in [-0.3, -0.25) is 9.59 Å². The molecule has 0 bridgehead atoms. The molecule has 0 unspecified atom stereocenters. The van der Waals surface area contributed by atoms with Gasteiger partial charge in [0.2, 0.25) is 0 Å². The number of rotatable bonds is 22. The molecule has 0 saturated heterocycles. The summed E-state index contributed by atoms with van der Waals surface area (Å²) in [4.78, 5) is 62.9. The molecule has 2 aliphatic rings. The van der Waals surface area contributed by atoms with E-state index in [1.165, 1.54) is 42.5 Å². The van der Waals surface area contributed by atoms with E-state index in [-0.39, 0.29) is 98.1 Å². The fourth-order valence-electron chi connectivity index (χ4n) is 5.62. The van der Waals surface area contributed by atoms with Crippen molar-refractivity contribution in [3.63, 3.8) is 0 Å².